The Morgan fingerprint density at radius 2 is 2.17 bits per heavy atom. The molecule has 0 heterocycles. The van der Waals surface area contributed by atoms with Crippen molar-refractivity contribution < 1.29 is 4.79 Å². The van der Waals surface area contributed by atoms with Crippen molar-refractivity contribution in [3.05, 3.63) is 0 Å². The van der Waals surface area contributed by atoms with E-state index < -0.39 is 5.54 Å². The molecule has 1 amide bonds. The maximum atomic E-state index is 11.6. The van der Waals surface area contributed by atoms with Crippen LogP contribution in [-0.2, 0) is 4.79 Å². The molecule has 18 heavy (non-hydrogen) atoms. The third-order valence-corrected chi connectivity index (χ3v) is 4.15. The van der Waals surface area contributed by atoms with Gasteiger partial charge in [0.05, 0.1) is 5.54 Å². The summed E-state index contributed by atoms with van der Waals surface area (Å²) in [6.45, 7) is 7.47. The van der Waals surface area contributed by atoms with Crippen molar-refractivity contribution in [3.63, 3.8) is 0 Å². The summed E-state index contributed by atoms with van der Waals surface area (Å²) < 4.78 is 0. The van der Waals surface area contributed by atoms with E-state index in [-0.39, 0.29) is 5.91 Å². The first-order valence-electron chi connectivity index (χ1n) is 7.19. The van der Waals surface area contributed by atoms with Gasteiger partial charge in [0, 0.05) is 12.1 Å². The summed E-state index contributed by atoms with van der Waals surface area (Å²) >= 11 is 0. The van der Waals surface area contributed by atoms with E-state index in [0.29, 0.717) is 6.04 Å². The van der Waals surface area contributed by atoms with E-state index in [9.17, 15) is 4.79 Å². The molecular formula is C14H29N3O. The highest BCUT2D eigenvalue weighted by molar-refractivity contribution is 5.84. The zero-order valence-corrected chi connectivity index (χ0v) is 12.3. The van der Waals surface area contributed by atoms with Crippen molar-refractivity contribution in [2.75, 3.05) is 13.6 Å². The van der Waals surface area contributed by atoms with E-state index in [0.717, 1.165) is 19.0 Å². The fourth-order valence-corrected chi connectivity index (χ4v) is 2.54. The van der Waals surface area contributed by atoms with E-state index in [1.54, 1.807) is 0 Å². The number of amides is 1. The average Bonchev–Trinajstić information content (AvgIpc) is 3.13. The monoisotopic (exact) mass is 255 g/mol. The third kappa shape index (κ3) is 3.95. The van der Waals surface area contributed by atoms with E-state index in [1.165, 1.54) is 25.7 Å². The lowest BCUT2D eigenvalue weighted by molar-refractivity contribution is -0.124. The Morgan fingerprint density at radius 1 is 1.56 bits per heavy atom. The highest BCUT2D eigenvalue weighted by atomic mass is 16.1. The van der Waals surface area contributed by atoms with Crippen LogP contribution in [0.4, 0.5) is 0 Å². The first-order chi connectivity index (χ1) is 8.44. The van der Waals surface area contributed by atoms with Gasteiger partial charge in [-0.1, -0.05) is 13.3 Å². The van der Waals surface area contributed by atoms with E-state index >= 15 is 0 Å². The van der Waals surface area contributed by atoms with Gasteiger partial charge in [-0.05, 0) is 53.1 Å². The summed E-state index contributed by atoms with van der Waals surface area (Å²) in [5, 5.41) is 3.08. The molecule has 0 radical (unpaired) electrons. The molecule has 1 rings (SSSR count). The molecule has 0 saturated heterocycles. The van der Waals surface area contributed by atoms with Gasteiger partial charge in [-0.25, -0.2) is 0 Å². The number of nitrogens with one attached hydrogen (secondary N) is 1. The summed E-state index contributed by atoms with van der Waals surface area (Å²) in [5.41, 5.74) is 4.90. The second kappa shape index (κ2) is 6.53. The Kier molecular flexibility index (Phi) is 5.60. The lowest BCUT2D eigenvalue weighted by Crippen LogP contribution is -2.55. The highest BCUT2D eigenvalue weighted by Gasteiger charge is 2.37. The number of nitrogens with zero attached hydrogens (tertiary/aromatic N) is 1. The molecule has 0 aromatic carbocycles. The molecule has 1 fully saturated rings. The smallest absolute Gasteiger partial charge is 0.237 e. The van der Waals surface area contributed by atoms with Crippen molar-refractivity contribution in [3.8, 4) is 0 Å². The van der Waals surface area contributed by atoms with Gasteiger partial charge in [0.25, 0.3) is 0 Å². The molecule has 2 atom stereocenters. The molecule has 0 bridgehead atoms. The first kappa shape index (κ1) is 15.4. The molecule has 106 valence electrons. The average molecular weight is 255 g/mol. The number of likely N-dealkylation sites (N-methyl/N-ethyl adjacent to an activating group) is 1. The van der Waals surface area contributed by atoms with Crippen LogP contribution in [0.25, 0.3) is 0 Å². The molecule has 1 aliphatic carbocycles. The van der Waals surface area contributed by atoms with Crippen LogP contribution in [0.1, 0.15) is 52.9 Å². The fourth-order valence-electron chi connectivity index (χ4n) is 2.54. The minimum absolute atomic E-state index is 0.261. The summed E-state index contributed by atoms with van der Waals surface area (Å²) in [6.07, 6.45) is 5.84. The molecule has 0 aromatic heterocycles. The molecule has 0 aromatic rings. The second-order valence-corrected chi connectivity index (χ2v) is 5.82. The largest absolute Gasteiger partial charge is 0.368 e. The number of nitrogens with two attached hydrogens (primary N) is 1. The molecule has 4 heteroatoms. The van der Waals surface area contributed by atoms with Gasteiger partial charge in [0.15, 0.2) is 0 Å². The number of unbranched alkanes of at least 4 members (excludes halogenated alkanes) is 1. The zero-order valence-electron chi connectivity index (χ0n) is 12.3. The molecule has 3 N–H and O–H groups in total. The first-order valence-corrected chi connectivity index (χ1v) is 7.19. The van der Waals surface area contributed by atoms with Gasteiger partial charge in [0.1, 0.15) is 0 Å². The molecule has 2 unspecified atom stereocenters. The maximum absolute atomic E-state index is 11.6. The number of rotatable bonds is 9. The lowest BCUT2D eigenvalue weighted by atomic mass is 9.92. The molecule has 1 aliphatic rings. The van der Waals surface area contributed by atoms with Crippen LogP contribution in [0, 0.1) is 0 Å². The number of hydrogen-bond donors (Lipinski definition) is 2. The van der Waals surface area contributed by atoms with Gasteiger partial charge in [-0.2, -0.15) is 0 Å². The van der Waals surface area contributed by atoms with Crippen molar-refractivity contribution in [2.45, 2.75) is 70.5 Å². The van der Waals surface area contributed by atoms with Crippen molar-refractivity contribution in [2.24, 2.45) is 5.73 Å². The molecule has 4 nitrogen and oxygen atoms in total. The van der Waals surface area contributed by atoms with Gasteiger partial charge in [-0.15, -0.1) is 0 Å². The Morgan fingerprint density at radius 3 is 2.56 bits per heavy atom. The SMILES string of the molecule is CCCCN(C(C)CC(C)(NC)C(N)=O)C1CC1. The van der Waals surface area contributed by atoms with Gasteiger partial charge < -0.3 is 11.1 Å². The normalized spacial score (nSPS) is 20.7. The van der Waals surface area contributed by atoms with Gasteiger partial charge >= 0.3 is 0 Å². The minimum atomic E-state index is -0.598. The summed E-state index contributed by atoms with van der Waals surface area (Å²) in [7, 11) is 1.81. The third-order valence-electron chi connectivity index (χ3n) is 4.15. The number of carbonyl (C=O) groups is 1. The number of hydrogen-bond acceptors (Lipinski definition) is 3. The lowest BCUT2D eigenvalue weighted by Gasteiger charge is -2.35. The minimum Gasteiger partial charge on any atom is -0.368 e. The van der Waals surface area contributed by atoms with Crippen LogP contribution in [0.2, 0.25) is 0 Å². The quantitative estimate of drug-likeness (QED) is 0.656. The van der Waals surface area contributed by atoms with Crippen LogP contribution < -0.4 is 11.1 Å². The Hall–Kier alpha value is -0.610. The number of carbonyl (C=O) groups excluding carboxylic acids is 1. The second-order valence-electron chi connectivity index (χ2n) is 5.82. The molecule has 0 spiro atoms. The van der Waals surface area contributed by atoms with Crippen LogP contribution in [0.15, 0.2) is 0 Å². The highest BCUT2D eigenvalue weighted by Crippen LogP contribution is 2.31. The predicted octanol–water partition coefficient (Wildman–Crippen LogP) is 1.49. The fraction of sp³-hybridized carbons (Fsp3) is 0.929. The van der Waals surface area contributed by atoms with E-state index in [2.05, 4.69) is 24.1 Å². The predicted molar refractivity (Wildman–Crippen MR) is 75.4 cm³/mol. The van der Waals surface area contributed by atoms with Crippen LogP contribution >= 0.6 is 0 Å². The molecule has 0 aliphatic heterocycles. The zero-order chi connectivity index (χ0) is 13.8. The number of primary amides is 1. The summed E-state index contributed by atoms with van der Waals surface area (Å²) in [6, 6.07) is 1.13. The van der Waals surface area contributed by atoms with E-state index in [1.807, 2.05) is 14.0 Å². The molecular weight excluding hydrogens is 226 g/mol. The summed E-state index contributed by atoms with van der Waals surface area (Å²) in [4.78, 5) is 14.1. The van der Waals surface area contributed by atoms with Crippen molar-refractivity contribution in [1.82, 2.24) is 10.2 Å². The Bertz CT molecular complexity index is 278. The summed E-state index contributed by atoms with van der Waals surface area (Å²) in [5.74, 6) is -0.261. The Balaban J connectivity index is 2.59. The maximum Gasteiger partial charge on any atom is 0.237 e. The molecule has 1 saturated carbocycles. The van der Waals surface area contributed by atoms with Gasteiger partial charge in [0.2, 0.25) is 5.91 Å². The van der Waals surface area contributed by atoms with Gasteiger partial charge in [-0.3, -0.25) is 9.69 Å². The van der Waals surface area contributed by atoms with Crippen LogP contribution in [-0.4, -0.2) is 42.0 Å². The van der Waals surface area contributed by atoms with Crippen LogP contribution in [0.5, 0.6) is 0 Å². The van der Waals surface area contributed by atoms with E-state index in [4.69, 9.17) is 5.73 Å². The Labute approximate surface area is 111 Å². The van der Waals surface area contributed by atoms with Crippen LogP contribution in [0.3, 0.4) is 0 Å². The van der Waals surface area contributed by atoms with Crippen molar-refractivity contribution in [1.29, 1.82) is 0 Å². The topological polar surface area (TPSA) is 58.4 Å². The van der Waals surface area contributed by atoms with Crippen molar-refractivity contribution >= 4 is 5.91 Å². The standard InChI is InChI=1S/C14H29N3O/c1-5-6-9-17(12-7-8-12)11(2)10-14(3,16-4)13(15)18/h11-12,16H,5-10H2,1-4H3,(H2,15,18).